The van der Waals surface area contributed by atoms with Crippen LogP contribution in [0.3, 0.4) is 0 Å². The lowest BCUT2D eigenvalue weighted by Crippen LogP contribution is -2.51. The molecule has 3 aromatic rings. The Labute approximate surface area is 231 Å². The molecule has 41 heavy (non-hydrogen) atoms. The van der Waals surface area contributed by atoms with E-state index < -0.39 is 54.6 Å². The van der Waals surface area contributed by atoms with Crippen LogP contribution in [0.5, 0.6) is 0 Å². The quantitative estimate of drug-likeness (QED) is 0.411. The molecular weight excluding hydrogens is 548 g/mol. The molecule has 3 amide bonds. The number of rotatable bonds is 8. The summed E-state index contributed by atoms with van der Waals surface area (Å²) in [6.07, 6.45) is -2.01. The van der Waals surface area contributed by atoms with Gasteiger partial charge in [-0.05, 0) is 42.2 Å². The lowest BCUT2D eigenvalue weighted by Gasteiger charge is -2.31. The number of nitrogens with zero attached hydrogens (tertiary/aromatic N) is 4. The number of hydrogen-bond donors (Lipinski definition) is 1. The molecule has 9 nitrogen and oxygen atoms in total. The van der Waals surface area contributed by atoms with Crippen molar-refractivity contribution in [3.63, 3.8) is 0 Å². The lowest BCUT2D eigenvalue weighted by molar-refractivity contribution is -0.187. The molecule has 0 saturated carbocycles. The first-order valence-corrected chi connectivity index (χ1v) is 12.9. The van der Waals surface area contributed by atoms with E-state index in [-0.39, 0.29) is 18.6 Å². The van der Waals surface area contributed by atoms with E-state index in [1.54, 1.807) is 29.2 Å². The van der Waals surface area contributed by atoms with Gasteiger partial charge in [0, 0.05) is 30.3 Å². The van der Waals surface area contributed by atoms with Gasteiger partial charge in [0.1, 0.15) is 18.4 Å². The first-order chi connectivity index (χ1) is 19.4. The summed E-state index contributed by atoms with van der Waals surface area (Å²) in [7, 11) is 0. The Morgan fingerprint density at radius 3 is 2.59 bits per heavy atom. The van der Waals surface area contributed by atoms with Crippen LogP contribution >= 0.6 is 0 Å². The van der Waals surface area contributed by atoms with Crippen molar-refractivity contribution in [1.82, 2.24) is 19.6 Å². The average Bonchev–Trinajstić information content (AvgIpc) is 3.61. The Hall–Kier alpha value is -4.26. The fraction of sp³-hybridized carbons (Fsp3) is 0.357. The van der Waals surface area contributed by atoms with Crippen molar-refractivity contribution < 1.29 is 41.8 Å². The molecule has 1 aliphatic heterocycles. The number of fused-ring (bicyclic) bond motifs is 2. The van der Waals surface area contributed by atoms with E-state index in [4.69, 9.17) is 9.84 Å². The van der Waals surface area contributed by atoms with Crippen molar-refractivity contribution in [2.24, 2.45) is 0 Å². The van der Waals surface area contributed by atoms with E-state index >= 15 is 0 Å². The molecule has 2 aliphatic rings. The highest BCUT2D eigenvalue weighted by atomic mass is 19.4. The van der Waals surface area contributed by atoms with Gasteiger partial charge in [-0.2, -0.15) is 18.3 Å². The minimum atomic E-state index is -4.79. The number of imide groups is 1. The van der Waals surface area contributed by atoms with Gasteiger partial charge in [0.05, 0.1) is 19.3 Å². The maximum Gasteiger partial charge on any atom is 0.418 e. The molecular formula is C28H26F4N4O5. The number of ether oxygens (including phenoxy) is 1. The smallest absolute Gasteiger partial charge is 0.418 e. The van der Waals surface area contributed by atoms with E-state index in [9.17, 15) is 31.9 Å². The van der Waals surface area contributed by atoms with Gasteiger partial charge in [0.2, 0.25) is 11.5 Å². The second-order valence-electron chi connectivity index (χ2n) is 10.0. The average molecular weight is 575 g/mol. The Balaban J connectivity index is 1.37. The summed E-state index contributed by atoms with van der Waals surface area (Å²) in [5, 5.41) is 13.3. The second-order valence-corrected chi connectivity index (χ2v) is 10.0. The zero-order chi connectivity index (χ0) is 29.5. The third-order valence-electron chi connectivity index (χ3n) is 7.48. The van der Waals surface area contributed by atoms with E-state index in [0.717, 1.165) is 35.7 Å². The van der Waals surface area contributed by atoms with Crippen LogP contribution < -0.4 is 0 Å². The molecule has 2 atom stereocenters. The van der Waals surface area contributed by atoms with Crippen molar-refractivity contribution in [2.45, 2.75) is 50.7 Å². The normalized spacial score (nSPS) is 19.0. The van der Waals surface area contributed by atoms with Crippen molar-refractivity contribution >= 4 is 17.9 Å². The van der Waals surface area contributed by atoms with Gasteiger partial charge in [-0.3, -0.25) is 14.3 Å². The Morgan fingerprint density at radius 2 is 1.90 bits per heavy atom. The summed E-state index contributed by atoms with van der Waals surface area (Å²) >= 11 is 0. The number of halogens is 4. The number of carbonyl (C=O) groups excluding carboxylic acids is 3. The van der Waals surface area contributed by atoms with Crippen LogP contribution in [0.25, 0.3) is 11.1 Å². The molecule has 1 spiro atoms. The van der Waals surface area contributed by atoms with Gasteiger partial charge in [-0.1, -0.05) is 30.3 Å². The maximum absolute atomic E-state index is 13.7. The summed E-state index contributed by atoms with van der Waals surface area (Å²) in [6, 6.07) is 7.62. The standard InChI is InChI=1S/C28H26F4N4O5/c1-17(28(30,31)32)35(14-18-2-5-22(29)6-3-18)24(38)16-36-25(39)27(41-26(36)40)9-8-20-12-19(4-7-23(20)27)21-13-33-34(15-21)10-11-37/h2-7,12-13,15,17,37H,8-11,14,16H2,1H3/t17-,27+/m0/s1. The van der Waals surface area contributed by atoms with Gasteiger partial charge in [0.15, 0.2) is 0 Å². The highest BCUT2D eigenvalue weighted by Crippen LogP contribution is 2.46. The largest absolute Gasteiger partial charge is 0.427 e. The van der Waals surface area contributed by atoms with Gasteiger partial charge < -0.3 is 14.7 Å². The van der Waals surface area contributed by atoms with Gasteiger partial charge >= 0.3 is 12.3 Å². The molecule has 1 N–H and O–H groups in total. The van der Waals surface area contributed by atoms with Crippen LogP contribution in [0.1, 0.15) is 30.0 Å². The number of alkyl halides is 3. The molecule has 1 saturated heterocycles. The number of hydrogen-bond acceptors (Lipinski definition) is 6. The monoisotopic (exact) mass is 574 g/mol. The number of benzene rings is 2. The van der Waals surface area contributed by atoms with Crippen LogP contribution in [-0.2, 0) is 39.4 Å². The van der Waals surface area contributed by atoms with Crippen LogP contribution in [0.15, 0.2) is 54.9 Å². The number of aryl methyl sites for hydroxylation is 1. The highest BCUT2D eigenvalue weighted by Gasteiger charge is 2.58. The number of aliphatic hydroxyl groups excluding tert-OH is 1. The molecule has 216 valence electrons. The summed E-state index contributed by atoms with van der Waals surface area (Å²) in [5.74, 6) is -2.53. The minimum absolute atomic E-state index is 0.0700. The van der Waals surface area contributed by atoms with Gasteiger partial charge in [-0.25, -0.2) is 14.1 Å². The summed E-state index contributed by atoms with van der Waals surface area (Å²) in [5.41, 5.74) is 1.34. The molecule has 1 aromatic heterocycles. The van der Waals surface area contributed by atoms with Crippen molar-refractivity contribution in [2.75, 3.05) is 13.2 Å². The lowest BCUT2D eigenvalue weighted by atomic mass is 9.93. The molecule has 0 radical (unpaired) electrons. The fourth-order valence-electron chi connectivity index (χ4n) is 5.20. The molecule has 0 unspecified atom stereocenters. The van der Waals surface area contributed by atoms with E-state index in [2.05, 4.69) is 5.10 Å². The summed E-state index contributed by atoms with van der Waals surface area (Å²) in [4.78, 5) is 40.6. The molecule has 1 aliphatic carbocycles. The van der Waals surface area contributed by atoms with Crippen LogP contribution in [0, 0.1) is 5.82 Å². The first-order valence-electron chi connectivity index (χ1n) is 12.9. The third kappa shape index (κ3) is 5.29. The van der Waals surface area contributed by atoms with Crippen molar-refractivity contribution in [1.29, 1.82) is 0 Å². The van der Waals surface area contributed by atoms with Crippen molar-refractivity contribution in [3.05, 3.63) is 77.4 Å². The Kier molecular flexibility index (Phi) is 7.32. The number of carbonyl (C=O) groups is 3. The minimum Gasteiger partial charge on any atom is -0.427 e. The van der Waals surface area contributed by atoms with Crippen LogP contribution in [-0.4, -0.2) is 68.0 Å². The predicted octanol–water partition coefficient (Wildman–Crippen LogP) is 3.78. The maximum atomic E-state index is 13.7. The van der Waals surface area contributed by atoms with E-state index in [1.165, 1.54) is 12.1 Å². The van der Waals surface area contributed by atoms with Gasteiger partial charge in [0.25, 0.3) is 5.91 Å². The Bertz CT molecular complexity index is 1490. The van der Waals surface area contributed by atoms with Gasteiger partial charge in [-0.15, -0.1) is 0 Å². The molecule has 2 aromatic carbocycles. The fourth-order valence-corrected chi connectivity index (χ4v) is 5.20. The van der Waals surface area contributed by atoms with E-state index in [0.29, 0.717) is 28.3 Å². The topological polar surface area (TPSA) is 105 Å². The third-order valence-corrected chi connectivity index (χ3v) is 7.48. The number of amides is 3. The molecule has 1 fully saturated rings. The number of aromatic nitrogens is 2. The SMILES string of the molecule is C[C@H](N(Cc1ccc(F)cc1)C(=O)CN1C(=O)O[C@@]2(CCc3cc(-c4cnn(CCO)c4)ccc32)C1=O)C(F)(F)F. The second kappa shape index (κ2) is 10.6. The van der Waals surface area contributed by atoms with Crippen LogP contribution in [0.4, 0.5) is 22.4 Å². The predicted molar refractivity (Wildman–Crippen MR) is 135 cm³/mol. The molecule has 0 bridgehead atoms. The Morgan fingerprint density at radius 1 is 1.17 bits per heavy atom. The molecule has 2 heterocycles. The van der Waals surface area contributed by atoms with E-state index in [1.807, 2.05) is 6.07 Å². The van der Waals surface area contributed by atoms with Crippen molar-refractivity contribution in [3.8, 4) is 11.1 Å². The zero-order valence-electron chi connectivity index (χ0n) is 21.9. The molecule has 13 heteroatoms. The number of aliphatic hydroxyl groups is 1. The van der Waals surface area contributed by atoms with Crippen LogP contribution in [0.2, 0.25) is 0 Å². The molecule has 5 rings (SSSR count). The first kappa shape index (κ1) is 28.3. The summed E-state index contributed by atoms with van der Waals surface area (Å²) < 4.78 is 61.4. The zero-order valence-corrected chi connectivity index (χ0v) is 21.9. The highest BCUT2D eigenvalue weighted by molar-refractivity contribution is 6.06. The summed E-state index contributed by atoms with van der Waals surface area (Å²) in [6.45, 7) is -0.401.